The van der Waals surface area contributed by atoms with Crippen LogP contribution in [0.3, 0.4) is 0 Å². The van der Waals surface area contributed by atoms with E-state index in [4.69, 9.17) is 11.6 Å². The first-order valence-corrected chi connectivity index (χ1v) is 8.93. The maximum Gasteiger partial charge on any atom is 0.211 e. The second kappa shape index (κ2) is 7.68. The summed E-state index contributed by atoms with van der Waals surface area (Å²) in [7, 11) is -3.12. The lowest BCUT2D eigenvalue weighted by molar-refractivity contribution is 0.168. The number of halogens is 1. The van der Waals surface area contributed by atoms with Gasteiger partial charge < -0.3 is 4.90 Å². The molecule has 0 saturated carbocycles. The van der Waals surface area contributed by atoms with Crippen LogP contribution in [0.5, 0.6) is 0 Å². The Morgan fingerprint density at radius 2 is 1.89 bits per heavy atom. The SMILES string of the molecule is CC(C)N1CCC(NS(=O)(=O)CCCCCl)CC1. The number of alkyl halides is 1. The third-order valence-electron chi connectivity index (χ3n) is 3.40. The molecule has 4 nitrogen and oxygen atoms in total. The quantitative estimate of drug-likeness (QED) is 0.576. The van der Waals surface area contributed by atoms with E-state index < -0.39 is 10.0 Å². The Morgan fingerprint density at radius 1 is 1.28 bits per heavy atom. The van der Waals surface area contributed by atoms with Crippen molar-refractivity contribution in [1.82, 2.24) is 9.62 Å². The number of nitrogens with zero attached hydrogens (tertiary/aromatic N) is 1. The molecule has 0 spiro atoms. The average molecular weight is 297 g/mol. The second-order valence-electron chi connectivity index (χ2n) is 5.24. The monoisotopic (exact) mass is 296 g/mol. The molecule has 0 atom stereocenters. The molecule has 0 unspecified atom stereocenters. The van der Waals surface area contributed by atoms with E-state index in [2.05, 4.69) is 23.5 Å². The van der Waals surface area contributed by atoms with Crippen molar-refractivity contribution in [2.24, 2.45) is 0 Å². The molecule has 18 heavy (non-hydrogen) atoms. The predicted octanol–water partition coefficient (Wildman–Crippen LogP) is 1.80. The van der Waals surface area contributed by atoms with E-state index in [0.717, 1.165) is 32.4 Å². The van der Waals surface area contributed by atoms with Crippen molar-refractivity contribution in [3.05, 3.63) is 0 Å². The van der Waals surface area contributed by atoms with E-state index >= 15 is 0 Å². The molecule has 1 aliphatic heterocycles. The molecule has 0 bridgehead atoms. The summed E-state index contributed by atoms with van der Waals surface area (Å²) in [6, 6.07) is 0.660. The predicted molar refractivity (Wildman–Crippen MR) is 76.6 cm³/mol. The van der Waals surface area contributed by atoms with Gasteiger partial charge in [0.05, 0.1) is 5.75 Å². The van der Waals surface area contributed by atoms with Gasteiger partial charge >= 0.3 is 0 Å². The van der Waals surface area contributed by atoms with Gasteiger partial charge in [0.2, 0.25) is 10.0 Å². The molecule has 1 fully saturated rings. The van der Waals surface area contributed by atoms with Crippen LogP contribution in [0.4, 0.5) is 0 Å². The zero-order valence-corrected chi connectivity index (χ0v) is 12.9. The zero-order valence-electron chi connectivity index (χ0n) is 11.4. The van der Waals surface area contributed by atoms with Crippen molar-refractivity contribution in [3.8, 4) is 0 Å². The van der Waals surface area contributed by atoms with Crippen LogP contribution >= 0.6 is 11.6 Å². The fraction of sp³-hybridized carbons (Fsp3) is 1.00. The Balaban J connectivity index is 2.31. The molecular formula is C12H25ClN2O2S. The van der Waals surface area contributed by atoms with Gasteiger partial charge in [-0.3, -0.25) is 0 Å². The molecule has 0 aliphatic carbocycles. The minimum Gasteiger partial charge on any atom is -0.301 e. The summed E-state index contributed by atoms with van der Waals surface area (Å²) in [5, 5.41) is 0. The molecule has 0 aromatic rings. The Kier molecular flexibility index (Phi) is 6.92. The van der Waals surface area contributed by atoms with Crippen LogP contribution in [0.1, 0.15) is 39.5 Å². The molecule has 0 radical (unpaired) electrons. The molecule has 0 aromatic carbocycles. The van der Waals surface area contributed by atoms with E-state index in [1.807, 2.05) is 0 Å². The topological polar surface area (TPSA) is 49.4 Å². The van der Waals surface area contributed by atoms with Crippen molar-refractivity contribution >= 4 is 21.6 Å². The van der Waals surface area contributed by atoms with E-state index in [9.17, 15) is 8.42 Å². The van der Waals surface area contributed by atoms with Gasteiger partial charge in [-0.2, -0.15) is 0 Å². The normalized spacial score (nSPS) is 19.6. The van der Waals surface area contributed by atoms with Gasteiger partial charge in [0.25, 0.3) is 0 Å². The average Bonchev–Trinajstić information content (AvgIpc) is 2.29. The fourth-order valence-corrected chi connectivity index (χ4v) is 3.87. The smallest absolute Gasteiger partial charge is 0.211 e. The highest BCUT2D eigenvalue weighted by molar-refractivity contribution is 7.89. The Labute approximate surface area is 116 Å². The van der Waals surface area contributed by atoms with Gasteiger partial charge in [-0.25, -0.2) is 13.1 Å². The van der Waals surface area contributed by atoms with Crippen LogP contribution in [0.15, 0.2) is 0 Å². The molecule has 108 valence electrons. The van der Waals surface area contributed by atoms with Crippen molar-refractivity contribution < 1.29 is 8.42 Å². The summed E-state index contributed by atoms with van der Waals surface area (Å²) < 4.78 is 26.5. The van der Waals surface area contributed by atoms with Crippen molar-refractivity contribution in [1.29, 1.82) is 0 Å². The van der Waals surface area contributed by atoms with E-state index in [1.165, 1.54) is 0 Å². The van der Waals surface area contributed by atoms with Gasteiger partial charge in [0.1, 0.15) is 0 Å². The summed E-state index contributed by atoms with van der Waals surface area (Å²) in [4.78, 5) is 2.39. The lowest BCUT2D eigenvalue weighted by atomic mass is 10.1. The first-order chi connectivity index (χ1) is 8.44. The van der Waals surface area contributed by atoms with Crippen molar-refractivity contribution in [2.75, 3.05) is 24.7 Å². The van der Waals surface area contributed by atoms with Crippen LogP contribution in [0.25, 0.3) is 0 Å². The summed E-state index contributed by atoms with van der Waals surface area (Å²) in [6.45, 7) is 6.31. The highest BCUT2D eigenvalue weighted by Gasteiger charge is 2.24. The Morgan fingerprint density at radius 3 is 2.39 bits per heavy atom. The number of piperidine rings is 1. The molecule has 6 heteroatoms. The van der Waals surface area contributed by atoms with Crippen LogP contribution < -0.4 is 4.72 Å². The molecule has 1 saturated heterocycles. The van der Waals surface area contributed by atoms with Crippen LogP contribution in [0, 0.1) is 0 Å². The van der Waals surface area contributed by atoms with Crippen molar-refractivity contribution in [2.45, 2.75) is 51.6 Å². The van der Waals surface area contributed by atoms with E-state index in [-0.39, 0.29) is 11.8 Å². The largest absolute Gasteiger partial charge is 0.301 e. The fourth-order valence-electron chi connectivity index (χ4n) is 2.23. The zero-order chi connectivity index (χ0) is 13.6. The number of hydrogen-bond acceptors (Lipinski definition) is 3. The minimum atomic E-state index is -3.12. The highest BCUT2D eigenvalue weighted by atomic mass is 35.5. The van der Waals surface area contributed by atoms with Crippen LogP contribution in [0.2, 0.25) is 0 Å². The lowest BCUT2D eigenvalue weighted by Gasteiger charge is -2.34. The van der Waals surface area contributed by atoms with E-state index in [0.29, 0.717) is 18.3 Å². The second-order valence-corrected chi connectivity index (χ2v) is 7.49. The maximum atomic E-state index is 11.8. The first-order valence-electron chi connectivity index (χ1n) is 6.74. The Hall–Kier alpha value is 0.160. The third kappa shape index (κ3) is 5.87. The summed E-state index contributed by atoms with van der Waals surface area (Å²) >= 11 is 5.55. The molecule has 1 heterocycles. The first kappa shape index (κ1) is 16.2. The number of hydrogen-bond donors (Lipinski definition) is 1. The molecule has 0 amide bonds. The summed E-state index contributed by atoms with van der Waals surface area (Å²) in [5.74, 6) is 0.729. The van der Waals surface area contributed by atoms with Crippen LogP contribution in [-0.4, -0.2) is 50.1 Å². The number of sulfonamides is 1. The minimum absolute atomic E-state index is 0.112. The molecule has 1 aliphatic rings. The molecule has 1 N–H and O–H groups in total. The molecular weight excluding hydrogens is 272 g/mol. The van der Waals surface area contributed by atoms with Crippen LogP contribution in [-0.2, 0) is 10.0 Å². The molecule has 1 rings (SSSR count). The van der Waals surface area contributed by atoms with Gasteiger partial charge in [0, 0.05) is 18.0 Å². The van der Waals surface area contributed by atoms with Crippen molar-refractivity contribution in [3.63, 3.8) is 0 Å². The standard InChI is InChI=1S/C12H25ClN2O2S/c1-11(2)15-8-5-12(6-9-15)14-18(16,17)10-4-3-7-13/h11-12,14H,3-10H2,1-2H3. The van der Waals surface area contributed by atoms with E-state index in [1.54, 1.807) is 0 Å². The number of rotatable bonds is 7. The van der Waals surface area contributed by atoms with Gasteiger partial charge in [0.15, 0.2) is 0 Å². The van der Waals surface area contributed by atoms with Gasteiger partial charge in [-0.1, -0.05) is 0 Å². The number of nitrogens with one attached hydrogen (secondary N) is 1. The third-order valence-corrected chi connectivity index (χ3v) is 5.19. The van der Waals surface area contributed by atoms with Gasteiger partial charge in [-0.15, -0.1) is 11.6 Å². The number of unbranched alkanes of at least 4 members (excludes halogenated alkanes) is 1. The number of likely N-dealkylation sites (tertiary alicyclic amines) is 1. The molecule has 0 aromatic heterocycles. The maximum absolute atomic E-state index is 11.8. The van der Waals surface area contributed by atoms with Gasteiger partial charge in [-0.05, 0) is 52.6 Å². The summed E-state index contributed by atoms with van der Waals surface area (Å²) in [6.07, 6.45) is 3.22. The highest BCUT2D eigenvalue weighted by Crippen LogP contribution is 2.14. The summed E-state index contributed by atoms with van der Waals surface area (Å²) in [5.41, 5.74) is 0. The Bertz CT molecular complexity index is 325. The lowest BCUT2D eigenvalue weighted by Crippen LogP contribution is -2.47.